The maximum atomic E-state index is 10.7. The van der Waals surface area contributed by atoms with Gasteiger partial charge in [0.25, 0.3) is 5.69 Å². The van der Waals surface area contributed by atoms with Gasteiger partial charge in [-0.25, -0.2) is 9.98 Å². The summed E-state index contributed by atoms with van der Waals surface area (Å²) in [5.41, 5.74) is 2.63. The van der Waals surface area contributed by atoms with Gasteiger partial charge in [0.2, 0.25) is 5.13 Å². The summed E-state index contributed by atoms with van der Waals surface area (Å²) in [6, 6.07) is 16.2. The molecule has 2 aromatic carbocycles. The zero-order chi connectivity index (χ0) is 15.4. The molecule has 0 aliphatic rings. The molecule has 0 radical (unpaired) electrons. The lowest BCUT2D eigenvalue weighted by atomic mass is 10.2. The number of rotatable bonds is 4. The van der Waals surface area contributed by atoms with Crippen molar-refractivity contribution in [2.24, 2.45) is 4.99 Å². The van der Waals surface area contributed by atoms with E-state index in [1.165, 1.54) is 23.5 Å². The van der Waals surface area contributed by atoms with E-state index in [4.69, 9.17) is 0 Å². The van der Waals surface area contributed by atoms with Gasteiger partial charge in [-0.3, -0.25) is 10.1 Å². The van der Waals surface area contributed by atoms with E-state index in [0.29, 0.717) is 10.7 Å². The molecule has 5 nitrogen and oxygen atoms in total. The van der Waals surface area contributed by atoms with E-state index in [2.05, 4.69) is 9.98 Å². The Morgan fingerprint density at radius 1 is 1.14 bits per heavy atom. The fraction of sp³-hybridized carbons (Fsp3) is 0. The van der Waals surface area contributed by atoms with Gasteiger partial charge in [0.1, 0.15) is 0 Å². The molecule has 3 rings (SSSR count). The average molecular weight is 309 g/mol. The van der Waals surface area contributed by atoms with Crippen molar-refractivity contribution in [1.29, 1.82) is 0 Å². The van der Waals surface area contributed by atoms with E-state index in [1.807, 2.05) is 35.7 Å². The van der Waals surface area contributed by atoms with Crippen molar-refractivity contribution in [3.63, 3.8) is 0 Å². The predicted molar refractivity (Wildman–Crippen MR) is 87.9 cm³/mol. The second kappa shape index (κ2) is 6.28. The van der Waals surface area contributed by atoms with Gasteiger partial charge in [-0.2, -0.15) is 0 Å². The van der Waals surface area contributed by atoms with Crippen molar-refractivity contribution in [3.8, 4) is 11.3 Å². The molecule has 0 fully saturated rings. The second-order valence-electron chi connectivity index (χ2n) is 4.49. The summed E-state index contributed by atoms with van der Waals surface area (Å²) in [4.78, 5) is 19.0. The van der Waals surface area contributed by atoms with Gasteiger partial charge in [-0.05, 0) is 5.56 Å². The van der Waals surface area contributed by atoms with Crippen LogP contribution in [0.15, 0.2) is 65.0 Å². The third-order valence-electron chi connectivity index (χ3n) is 2.97. The summed E-state index contributed by atoms with van der Waals surface area (Å²) >= 11 is 1.43. The summed E-state index contributed by atoms with van der Waals surface area (Å²) < 4.78 is 0. The van der Waals surface area contributed by atoms with E-state index in [-0.39, 0.29) is 5.69 Å². The number of aromatic nitrogens is 1. The third-order valence-corrected chi connectivity index (χ3v) is 3.72. The van der Waals surface area contributed by atoms with Crippen LogP contribution >= 0.6 is 11.3 Å². The summed E-state index contributed by atoms with van der Waals surface area (Å²) in [5, 5.41) is 13.3. The van der Waals surface area contributed by atoms with Crippen molar-refractivity contribution in [3.05, 3.63) is 75.7 Å². The number of hydrogen-bond donors (Lipinski definition) is 0. The van der Waals surface area contributed by atoms with Gasteiger partial charge in [-0.15, -0.1) is 11.3 Å². The highest BCUT2D eigenvalue weighted by Crippen LogP contribution is 2.26. The fourth-order valence-corrected chi connectivity index (χ4v) is 2.58. The fourth-order valence-electron chi connectivity index (χ4n) is 1.91. The smallest absolute Gasteiger partial charge is 0.258 e. The summed E-state index contributed by atoms with van der Waals surface area (Å²) in [5.74, 6) is 0. The molecule has 0 unspecified atom stereocenters. The molecule has 3 aromatic rings. The van der Waals surface area contributed by atoms with Crippen LogP contribution in [0.5, 0.6) is 0 Å². The topological polar surface area (TPSA) is 68.4 Å². The van der Waals surface area contributed by atoms with Crippen molar-refractivity contribution >= 4 is 28.4 Å². The Morgan fingerprint density at radius 3 is 2.73 bits per heavy atom. The van der Waals surface area contributed by atoms with Gasteiger partial charge >= 0.3 is 0 Å². The Morgan fingerprint density at radius 2 is 1.95 bits per heavy atom. The number of nitro groups is 1. The molecule has 0 atom stereocenters. The lowest BCUT2D eigenvalue weighted by molar-refractivity contribution is -0.384. The molecular formula is C16H11N3O2S. The summed E-state index contributed by atoms with van der Waals surface area (Å²) in [6.45, 7) is 0. The summed E-state index contributed by atoms with van der Waals surface area (Å²) in [6.07, 6.45) is 1.58. The monoisotopic (exact) mass is 309 g/mol. The molecule has 1 aromatic heterocycles. The highest BCUT2D eigenvalue weighted by Gasteiger charge is 2.05. The van der Waals surface area contributed by atoms with Crippen LogP contribution in [0.1, 0.15) is 5.56 Å². The van der Waals surface area contributed by atoms with Crippen LogP contribution in [0.25, 0.3) is 11.3 Å². The first-order valence-electron chi connectivity index (χ1n) is 6.52. The van der Waals surface area contributed by atoms with Crippen LogP contribution in [0.4, 0.5) is 10.8 Å². The van der Waals surface area contributed by atoms with Crippen molar-refractivity contribution in [1.82, 2.24) is 4.98 Å². The standard InChI is InChI=1S/C16H11N3O2S/c20-19(21)14-8-4-5-12(9-14)10-17-16-18-15(11-22-16)13-6-2-1-3-7-13/h1-11H/b17-10+. The largest absolute Gasteiger partial charge is 0.270 e. The highest BCUT2D eigenvalue weighted by atomic mass is 32.1. The minimum Gasteiger partial charge on any atom is -0.258 e. The molecule has 22 heavy (non-hydrogen) atoms. The van der Waals surface area contributed by atoms with Gasteiger partial charge in [0.15, 0.2) is 0 Å². The Hall–Kier alpha value is -2.86. The molecule has 0 spiro atoms. The maximum absolute atomic E-state index is 10.7. The van der Waals surface area contributed by atoms with Crippen LogP contribution in [-0.4, -0.2) is 16.1 Å². The molecule has 0 aliphatic carbocycles. The predicted octanol–water partition coefficient (Wildman–Crippen LogP) is 4.47. The van der Waals surface area contributed by atoms with E-state index in [0.717, 1.165) is 11.3 Å². The van der Waals surface area contributed by atoms with Crippen LogP contribution in [0, 0.1) is 10.1 Å². The second-order valence-corrected chi connectivity index (χ2v) is 5.33. The molecule has 108 valence electrons. The number of aliphatic imine (C=N–C) groups is 1. The van der Waals surface area contributed by atoms with Gasteiger partial charge in [-0.1, -0.05) is 42.5 Å². The van der Waals surface area contributed by atoms with Gasteiger partial charge < -0.3 is 0 Å². The average Bonchev–Trinajstić information content (AvgIpc) is 3.03. The maximum Gasteiger partial charge on any atom is 0.270 e. The zero-order valence-electron chi connectivity index (χ0n) is 11.4. The first-order valence-corrected chi connectivity index (χ1v) is 7.40. The number of benzene rings is 2. The van der Waals surface area contributed by atoms with Crippen LogP contribution in [0.2, 0.25) is 0 Å². The Labute approximate surface area is 130 Å². The SMILES string of the molecule is O=[N+]([O-])c1cccc(/C=N/c2nc(-c3ccccc3)cs2)c1. The molecule has 0 amide bonds. The first-order chi connectivity index (χ1) is 10.7. The van der Waals surface area contributed by atoms with E-state index in [9.17, 15) is 10.1 Å². The minimum absolute atomic E-state index is 0.0491. The number of nitrogens with zero attached hydrogens (tertiary/aromatic N) is 3. The molecule has 0 saturated carbocycles. The molecule has 0 N–H and O–H groups in total. The van der Waals surface area contributed by atoms with Crippen LogP contribution in [-0.2, 0) is 0 Å². The lowest BCUT2D eigenvalue weighted by Gasteiger charge is -1.94. The minimum atomic E-state index is -0.422. The normalized spacial score (nSPS) is 10.9. The Kier molecular flexibility index (Phi) is 4.02. The number of thiazole rings is 1. The number of non-ortho nitro benzene ring substituents is 1. The highest BCUT2D eigenvalue weighted by molar-refractivity contribution is 7.13. The quantitative estimate of drug-likeness (QED) is 0.405. The molecule has 0 aliphatic heterocycles. The van der Waals surface area contributed by atoms with Crippen LogP contribution < -0.4 is 0 Å². The van der Waals surface area contributed by atoms with E-state index >= 15 is 0 Å². The van der Waals surface area contributed by atoms with Crippen LogP contribution in [0.3, 0.4) is 0 Å². The molecule has 0 saturated heterocycles. The Balaban J connectivity index is 1.80. The lowest BCUT2D eigenvalue weighted by Crippen LogP contribution is -1.89. The van der Waals surface area contributed by atoms with Gasteiger partial charge in [0.05, 0.1) is 10.6 Å². The zero-order valence-corrected chi connectivity index (χ0v) is 12.2. The van der Waals surface area contributed by atoms with E-state index in [1.54, 1.807) is 18.3 Å². The molecule has 1 heterocycles. The third kappa shape index (κ3) is 3.24. The van der Waals surface area contributed by atoms with Gasteiger partial charge in [0, 0.05) is 29.3 Å². The number of nitro benzene ring substituents is 1. The molecular weight excluding hydrogens is 298 g/mol. The Bertz CT molecular complexity index is 828. The van der Waals surface area contributed by atoms with Crippen molar-refractivity contribution in [2.45, 2.75) is 0 Å². The first kappa shape index (κ1) is 14.1. The van der Waals surface area contributed by atoms with E-state index < -0.39 is 4.92 Å². The molecule has 0 bridgehead atoms. The van der Waals surface area contributed by atoms with Crippen molar-refractivity contribution in [2.75, 3.05) is 0 Å². The molecule has 6 heteroatoms. The number of hydrogen-bond acceptors (Lipinski definition) is 5. The summed E-state index contributed by atoms with van der Waals surface area (Å²) in [7, 11) is 0. The van der Waals surface area contributed by atoms with Crippen molar-refractivity contribution < 1.29 is 4.92 Å².